The second-order valence-electron chi connectivity index (χ2n) is 7.50. The van der Waals surface area contributed by atoms with E-state index in [-0.39, 0.29) is 18.3 Å². The maximum absolute atomic E-state index is 12.0. The lowest BCUT2D eigenvalue weighted by Crippen LogP contribution is -2.41. The fourth-order valence-electron chi connectivity index (χ4n) is 2.94. The zero-order chi connectivity index (χ0) is 18.2. The van der Waals surface area contributed by atoms with Gasteiger partial charge in [-0.3, -0.25) is 4.79 Å². The zero-order valence-corrected chi connectivity index (χ0v) is 15.6. The summed E-state index contributed by atoms with van der Waals surface area (Å²) in [5, 5.41) is 19.4. The van der Waals surface area contributed by atoms with E-state index < -0.39 is 11.7 Å². The van der Waals surface area contributed by atoms with Crippen molar-refractivity contribution < 1.29 is 19.7 Å². The molecule has 1 saturated heterocycles. The van der Waals surface area contributed by atoms with Crippen molar-refractivity contribution in [3.05, 3.63) is 23.8 Å². The molecule has 2 N–H and O–H groups in total. The molecule has 4 heteroatoms. The molecule has 1 unspecified atom stereocenters. The summed E-state index contributed by atoms with van der Waals surface area (Å²) in [6, 6.07) is 0. The lowest BCUT2D eigenvalue weighted by atomic mass is 9.87. The van der Waals surface area contributed by atoms with E-state index in [0.717, 1.165) is 31.3 Å². The van der Waals surface area contributed by atoms with E-state index in [2.05, 4.69) is 13.8 Å². The van der Waals surface area contributed by atoms with Gasteiger partial charge in [-0.15, -0.1) is 0 Å². The minimum Gasteiger partial charge on any atom is -0.392 e. The second-order valence-corrected chi connectivity index (χ2v) is 7.50. The van der Waals surface area contributed by atoms with Gasteiger partial charge < -0.3 is 14.9 Å². The Labute approximate surface area is 146 Å². The van der Waals surface area contributed by atoms with Crippen LogP contribution in [0.2, 0.25) is 0 Å². The Balaban J connectivity index is 2.50. The van der Waals surface area contributed by atoms with E-state index in [1.54, 1.807) is 12.2 Å². The molecule has 3 atom stereocenters. The number of carbonyl (C=O) groups is 1. The van der Waals surface area contributed by atoms with E-state index in [4.69, 9.17) is 9.84 Å². The number of allylic oxidation sites excluding steroid dienone is 2. The van der Waals surface area contributed by atoms with Gasteiger partial charge >= 0.3 is 0 Å². The summed E-state index contributed by atoms with van der Waals surface area (Å²) >= 11 is 0. The number of aliphatic hydroxyl groups excluding tert-OH is 2. The predicted octanol–water partition coefficient (Wildman–Crippen LogP) is 3.42. The maximum Gasteiger partial charge on any atom is 0.158 e. The van der Waals surface area contributed by atoms with Crippen LogP contribution in [0, 0.1) is 11.8 Å². The molecule has 1 fully saturated rings. The van der Waals surface area contributed by atoms with Crippen LogP contribution in [0.1, 0.15) is 59.8 Å². The number of rotatable bonds is 8. The average molecular weight is 338 g/mol. The van der Waals surface area contributed by atoms with Crippen molar-refractivity contribution in [1.82, 2.24) is 0 Å². The molecular weight excluding hydrogens is 304 g/mol. The lowest BCUT2D eigenvalue weighted by Gasteiger charge is -2.33. The molecule has 0 saturated carbocycles. The van der Waals surface area contributed by atoms with Crippen LogP contribution in [0.4, 0.5) is 0 Å². The van der Waals surface area contributed by atoms with Gasteiger partial charge in [-0.2, -0.15) is 0 Å². The highest BCUT2D eigenvalue weighted by molar-refractivity contribution is 5.91. The average Bonchev–Trinajstić information content (AvgIpc) is 2.66. The first-order valence-electron chi connectivity index (χ1n) is 9.11. The van der Waals surface area contributed by atoms with Gasteiger partial charge in [0.1, 0.15) is 0 Å². The van der Waals surface area contributed by atoms with Crippen LogP contribution in [0.25, 0.3) is 0 Å². The van der Waals surface area contributed by atoms with Gasteiger partial charge in [0.2, 0.25) is 0 Å². The predicted molar refractivity (Wildman–Crippen MR) is 96.8 cm³/mol. The van der Waals surface area contributed by atoms with Gasteiger partial charge in [-0.05, 0) is 56.6 Å². The summed E-state index contributed by atoms with van der Waals surface area (Å²) in [5.74, 6) is 0.552. The summed E-state index contributed by atoms with van der Waals surface area (Å²) in [5.41, 5.74) is 0.462. The highest BCUT2D eigenvalue weighted by atomic mass is 16.5. The minimum absolute atomic E-state index is 0.00336. The minimum atomic E-state index is -0.582. The third kappa shape index (κ3) is 6.88. The fraction of sp³-hybridized carbons (Fsp3) is 0.750. The van der Waals surface area contributed by atoms with Crippen molar-refractivity contribution in [1.29, 1.82) is 0 Å². The van der Waals surface area contributed by atoms with E-state index in [1.165, 1.54) is 0 Å². The van der Waals surface area contributed by atoms with Crippen molar-refractivity contribution in [3.8, 4) is 0 Å². The van der Waals surface area contributed by atoms with Crippen LogP contribution in [0.5, 0.6) is 0 Å². The molecule has 0 aromatic rings. The Morgan fingerprint density at radius 1 is 1.42 bits per heavy atom. The molecule has 0 spiro atoms. The van der Waals surface area contributed by atoms with Gasteiger partial charge in [0.15, 0.2) is 5.78 Å². The number of carbonyl (C=O) groups excluding carboxylic acids is 1. The van der Waals surface area contributed by atoms with Crippen molar-refractivity contribution in [2.45, 2.75) is 71.5 Å². The molecule has 24 heavy (non-hydrogen) atoms. The summed E-state index contributed by atoms with van der Waals surface area (Å²) < 4.78 is 5.96. The van der Waals surface area contributed by atoms with Crippen LogP contribution in [0.3, 0.4) is 0 Å². The maximum atomic E-state index is 12.0. The van der Waals surface area contributed by atoms with Gasteiger partial charge in [-0.25, -0.2) is 0 Å². The summed E-state index contributed by atoms with van der Waals surface area (Å²) in [7, 11) is 0. The molecular formula is C20H34O4. The highest BCUT2D eigenvalue weighted by Gasteiger charge is 2.35. The molecule has 1 rings (SSSR count). The van der Waals surface area contributed by atoms with Gasteiger partial charge in [0.05, 0.1) is 24.9 Å². The topological polar surface area (TPSA) is 66.8 Å². The summed E-state index contributed by atoms with van der Waals surface area (Å²) in [6.07, 6.45) is 8.65. The first-order valence-corrected chi connectivity index (χ1v) is 9.11. The Morgan fingerprint density at radius 3 is 2.75 bits per heavy atom. The monoisotopic (exact) mass is 338 g/mol. The standard InChI is InChI=1S/C20H34O4/c1-15(2)7-9-18(22)16(3)6-5-12-20(4)19(23)10-8-17(11-13-21)14-24-20/h7,9,11,15-16,19,21,23H,5-6,8,10,12-14H2,1-4H3/b9-7+,17-11+/t16?,19-,20-/m0/s1. The Morgan fingerprint density at radius 2 is 2.12 bits per heavy atom. The fourth-order valence-corrected chi connectivity index (χ4v) is 2.94. The molecule has 1 aliphatic rings. The van der Waals surface area contributed by atoms with Crippen LogP contribution in [-0.2, 0) is 9.53 Å². The zero-order valence-electron chi connectivity index (χ0n) is 15.6. The van der Waals surface area contributed by atoms with E-state index in [0.29, 0.717) is 18.9 Å². The molecule has 138 valence electrons. The number of ketones is 1. The highest BCUT2D eigenvalue weighted by Crippen LogP contribution is 2.31. The number of ether oxygens (including phenoxy) is 1. The van der Waals surface area contributed by atoms with Crippen LogP contribution in [0.15, 0.2) is 23.8 Å². The van der Waals surface area contributed by atoms with E-state index >= 15 is 0 Å². The molecule has 0 radical (unpaired) electrons. The third-order valence-corrected chi connectivity index (χ3v) is 4.85. The van der Waals surface area contributed by atoms with Gasteiger partial charge in [-0.1, -0.05) is 32.9 Å². The Bertz CT molecular complexity index is 453. The summed E-state index contributed by atoms with van der Waals surface area (Å²) in [4.78, 5) is 12.0. The van der Waals surface area contributed by atoms with Crippen molar-refractivity contribution in [2.24, 2.45) is 11.8 Å². The summed E-state index contributed by atoms with van der Waals surface area (Å²) in [6.45, 7) is 8.49. The quantitative estimate of drug-likeness (QED) is 0.526. The van der Waals surface area contributed by atoms with Gasteiger partial charge in [0.25, 0.3) is 0 Å². The van der Waals surface area contributed by atoms with Crippen LogP contribution < -0.4 is 0 Å². The van der Waals surface area contributed by atoms with E-state index in [1.807, 2.05) is 19.9 Å². The molecule has 0 aromatic heterocycles. The number of aliphatic hydroxyl groups is 2. The number of hydrogen-bond donors (Lipinski definition) is 2. The molecule has 1 aliphatic heterocycles. The molecule has 1 heterocycles. The first-order chi connectivity index (χ1) is 11.3. The molecule has 0 aromatic carbocycles. The normalized spacial score (nSPS) is 28.5. The largest absolute Gasteiger partial charge is 0.392 e. The van der Waals surface area contributed by atoms with Crippen molar-refractivity contribution in [3.63, 3.8) is 0 Å². The molecule has 0 bridgehead atoms. The Hall–Kier alpha value is -0.970. The lowest BCUT2D eigenvalue weighted by molar-refractivity contribution is -0.118. The first kappa shape index (κ1) is 21.1. The number of hydrogen-bond acceptors (Lipinski definition) is 4. The van der Waals surface area contributed by atoms with E-state index in [9.17, 15) is 9.90 Å². The van der Waals surface area contributed by atoms with Crippen LogP contribution in [-0.4, -0.2) is 40.9 Å². The SMILES string of the molecule is CC(C)/C=C/C(=O)C(C)CCC[C@]1(C)OC/C(=C/CO)CC[C@@H]1O. The third-order valence-electron chi connectivity index (χ3n) is 4.85. The second kappa shape index (κ2) is 10.1. The van der Waals surface area contributed by atoms with Crippen molar-refractivity contribution in [2.75, 3.05) is 13.2 Å². The van der Waals surface area contributed by atoms with Crippen molar-refractivity contribution >= 4 is 5.78 Å². The molecule has 0 amide bonds. The molecule has 0 aliphatic carbocycles. The molecule has 4 nitrogen and oxygen atoms in total. The Kier molecular flexibility index (Phi) is 8.88. The van der Waals surface area contributed by atoms with Gasteiger partial charge in [0, 0.05) is 5.92 Å². The van der Waals surface area contributed by atoms with Crippen LogP contribution >= 0.6 is 0 Å². The smallest absolute Gasteiger partial charge is 0.158 e.